The first-order chi connectivity index (χ1) is 10.1. The summed E-state index contributed by atoms with van der Waals surface area (Å²) in [4.78, 5) is 25.6. The van der Waals surface area contributed by atoms with E-state index in [0.717, 1.165) is 0 Å². The molecule has 0 spiro atoms. The Morgan fingerprint density at radius 2 is 1.86 bits per heavy atom. The summed E-state index contributed by atoms with van der Waals surface area (Å²) >= 11 is 0. The molecular weight excluding hydrogens is 273 g/mol. The smallest absolute Gasteiger partial charge is 0.227 e. The SMILES string of the molecule is NCCC(=O)N1CCC(C(=O)Nc2ccc(F)cc2)CC1. The first-order valence-corrected chi connectivity index (χ1v) is 7.14. The summed E-state index contributed by atoms with van der Waals surface area (Å²) in [5, 5.41) is 2.78. The molecule has 1 aliphatic heterocycles. The lowest BCUT2D eigenvalue weighted by atomic mass is 9.95. The molecule has 3 N–H and O–H groups in total. The van der Waals surface area contributed by atoms with Crippen LogP contribution in [0.25, 0.3) is 0 Å². The van der Waals surface area contributed by atoms with Gasteiger partial charge in [-0.25, -0.2) is 4.39 Å². The van der Waals surface area contributed by atoms with E-state index in [2.05, 4.69) is 5.32 Å². The van der Waals surface area contributed by atoms with Gasteiger partial charge in [-0.1, -0.05) is 0 Å². The molecule has 0 radical (unpaired) electrons. The number of amides is 2. The summed E-state index contributed by atoms with van der Waals surface area (Å²) in [6.45, 7) is 1.52. The third kappa shape index (κ3) is 4.26. The number of nitrogens with two attached hydrogens (primary N) is 1. The van der Waals surface area contributed by atoms with Gasteiger partial charge in [-0.3, -0.25) is 9.59 Å². The van der Waals surface area contributed by atoms with Gasteiger partial charge in [0.15, 0.2) is 0 Å². The Hall–Kier alpha value is -1.95. The number of halogens is 1. The van der Waals surface area contributed by atoms with Crippen LogP contribution in [0.15, 0.2) is 24.3 Å². The van der Waals surface area contributed by atoms with Crippen molar-refractivity contribution in [1.82, 2.24) is 4.90 Å². The summed E-state index contributed by atoms with van der Waals surface area (Å²) in [6, 6.07) is 5.69. The number of hydrogen-bond acceptors (Lipinski definition) is 3. The minimum absolute atomic E-state index is 0.0508. The van der Waals surface area contributed by atoms with E-state index in [1.165, 1.54) is 24.3 Å². The fourth-order valence-corrected chi connectivity index (χ4v) is 2.45. The Balaban J connectivity index is 1.83. The van der Waals surface area contributed by atoms with Crippen molar-refractivity contribution in [2.75, 3.05) is 25.0 Å². The van der Waals surface area contributed by atoms with Crippen molar-refractivity contribution in [3.8, 4) is 0 Å². The number of carbonyl (C=O) groups excluding carboxylic acids is 2. The third-order valence-corrected chi connectivity index (χ3v) is 3.69. The van der Waals surface area contributed by atoms with Crippen LogP contribution in [0.3, 0.4) is 0 Å². The van der Waals surface area contributed by atoms with Crippen LogP contribution in [-0.2, 0) is 9.59 Å². The quantitative estimate of drug-likeness (QED) is 0.880. The molecule has 1 aromatic carbocycles. The van der Waals surface area contributed by atoms with E-state index < -0.39 is 0 Å². The van der Waals surface area contributed by atoms with Crippen LogP contribution in [0.2, 0.25) is 0 Å². The molecule has 1 aromatic rings. The number of anilines is 1. The second-order valence-corrected chi connectivity index (χ2v) is 5.19. The van der Waals surface area contributed by atoms with Crippen molar-refractivity contribution in [3.63, 3.8) is 0 Å². The standard InChI is InChI=1S/C15H20FN3O2/c16-12-1-3-13(4-2-12)18-15(21)11-6-9-19(10-7-11)14(20)5-8-17/h1-4,11H,5-10,17H2,(H,18,21). The molecule has 5 nitrogen and oxygen atoms in total. The van der Waals surface area contributed by atoms with Crippen molar-refractivity contribution >= 4 is 17.5 Å². The average Bonchev–Trinajstić information content (AvgIpc) is 2.50. The molecule has 1 saturated heterocycles. The van der Waals surface area contributed by atoms with Crippen LogP contribution >= 0.6 is 0 Å². The zero-order valence-electron chi connectivity index (χ0n) is 11.8. The Bertz CT molecular complexity index is 496. The van der Waals surface area contributed by atoms with Crippen LogP contribution in [0.1, 0.15) is 19.3 Å². The zero-order valence-corrected chi connectivity index (χ0v) is 11.8. The average molecular weight is 293 g/mol. The lowest BCUT2D eigenvalue weighted by Crippen LogP contribution is -2.42. The monoisotopic (exact) mass is 293 g/mol. The van der Waals surface area contributed by atoms with Crippen LogP contribution in [0.5, 0.6) is 0 Å². The molecule has 0 aliphatic carbocycles. The Morgan fingerprint density at radius 3 is 2.43 bits per heavy atom. The summed E-state index contributed by atoms with van der Waals surface area (Å²) in [6.07, 6.45) is 1.64. The van der Waals surface area contributed by atoms with Gasteiger partial charge in [0.05, 0.1) is 0 Å². The molecule has 21 heavy (non-hydrogen) atoms. The molecule has 1 heterocycles. The number of rotatable bonds is 4. The maximum Gasteiger partial charge on any atom is 0.227 e. The highest BCUT2D eigenvalue weighted by atomic mass is 19.1. The number of nitrogens with one attached hydrogen (secondary N) is 1. The van der Waals surface area contributed by atoms with Crippen LogP contribution in [0, 0.1) is 11.7 Å². The lowest BCUT2D eigenvalue weighted by Gasteiger charge is -2.31. The molecule has 0 atom stereocenters. The summed E-state index contributed by atoms with van der Waals surface area (Å²) in [7, 11) is 0. The number of carbonyl (C=O) groups is 2. The molecule has 114 valence electrons. The van der Waals surface area contributed by atoms with E-state index in [0.29, 0.717) is 44.6 Å². The maximum atomic E-state index is 12.8. The Kier molecular flexibility index (Phi) is 5.27. The van der Waals surface area contributed by atoms with Crippen molar-refractivity contribution in [3.05, 3.63) is 30.1 Å². The lowest BCUT2D eigenvalue weighted by molar-refractivity contribution is -0.134. The third-order valence-electron chi connectivity index (χ3n) is 3.69. The maximum absolute atomic E-state index is 12.8. The predicted molar refractivity (Wildman–Crippen MR) is 78.0 cm³/mol. The van der Waals surface area contributed by atoms with E-state index in [4.69, 9.17) is 5.73 Å². The Morgan fingerprint density at radius 1 is 1.24 bits per heavy atom. The fourth-order valence-electron chi connectivity index (χ4n) is 2.45. The summed E-state index contributed by atoms with van der Waals surface area (Å²) in [5.41, 5.74) is 5.96. The summed E-state index contributed by atoms with van der Waals surface area (Å²) in [5.74, 6) is -0.473. The number of piperidine rings is 1. The molecule has 0 bridgehead atoms. The van der Waals surface area contributed by atoms with Crippen LogP contribution in [-0.4, -0.2) is 36.3 Å². The molecule has 1 aliphatic rings. The van der Waals surface area contributed by atoms with Gasteiger partial charge in [-0.15, -0.1) is 0 Å². The topological polar surface area (TPSA) is 75.4 Å². The molecule has 6 heteroatoms. The minimum atomic E-state index is -0.334. The van der Waals surface area contributed by atoms with Gasteiger partial charge in [0.25, 0.3) is 0 Å². The zero-order chi connectivity index (χ0) is 15.2. The number of likely N-dealkylation sites (tertiary alicyclic amines) is 1. The van der Waals surface area contributed by atoms with Crippen molar-refractivity contribution < 1.29 is 14.0 Å². The number of benzene rings is 1. The molecule has 2 rings (SSSR count). The Labute approximate surface area is 123 Å². The van der Waals surface area contributed by atoms with Gasteiger partial charge in [0.1, 0.15) is 5.82 Å². The van der Waals surface area contributed by atoms with E-state index in [9.17, 15) is 14.0 Å². The molecule has 1 fully saturated rings. The first-order valence-electron chi connectivity index (χ1n) is 7.14. The highest BCUT2D eigenvalue weighted by Gasteiger charge is 2.26. The van der Waals surface area contributed by atoms with Gasteiger partial charge in [0, 0.05) is 37.7 Å². The van der Waals surface area contributed by atoms with Gasteiger partial charge in [-0.2, -0.15) is 0 Å². The molecule has 2 amide bonds. The highest BCUT2D eigenvalue weighted by molar-refractivity contribution is 5.92. The van der Waals surface area contributed by atoms with E-state index in [-0.39, 0.29) is 23.5 Å². The fraction of sp³-hybridized carbons (Fsp3) is 0.467. The van der Waals surface area contributed by atoms with E-state index in [1.807, 2.05) is 0 Å². The molecule has 0 unspecified atom stereocenters. The second-order valence-electron chi connectivity index (χ2n) is 5.19. The van der Waals surface area contributed by atoms with Crippen molar-refractivity contribution in [2.45, 2.75) is 19.3 Å². The number of hydrogen-bond donors (Lipinski definition) is 2. The molecule has 0 aromatic heterocycles. The van der Waals surface area contributed by atoms with Crippen molar-refractivity contribution in [1.29, 1.82) is 0 Å². The predicted octanol–water partition coefficient (Wildman–Crippen LogP) is 1.35. The minimum Gasteiger partial charge on any atom is -0.343 e. The van der Waals surface area contributed by atoms with E-state index >= 15 is 0 Å². The van der Waals surface area contributed by atoms with E-state index in [1.54, 1.807) is 4.90 Å². The van der Waals surface area contributed by atoms with Crippen LogP contribution < -0.4 is 11.1 Å². The van der Waals surface area contributed by atoms with Gasteiger partial charge in [0.2, 0.25) is 11.8 Å². The van der Waals surface area contributed by atoms with Gasteiger partial charge < -0.3 is 16.0 Å². The largest absolute Gasteiger partial charge is 0.343 e. The molecular formula is C15H20FN3O2. The summed E-state index contributed by atoms with van der Waals surface area (Å²) < 4.78 is 12.8. The van der Waals surface area contributed by atoms with Gasteiger partial charge >= 0.3 is 0 Å². The van der Waals surface area contributed by atoms with Crippen LogP contribution in [0.4, 0.5) is 10.1 Å². The highest BCUT2D eigenvalue weighted by Crippen LogP contribution is 2.20. The normalized spacial score (nSPS) is 15.8. The first kappa shape index (κ1) is 15.4. The van der Waals surface area contributed by atoms with Crippen molar-refractivity contribution in [2.24, 2.45) is 11.7 Å². The van der Waals surface area contributed by atoms with Gasteiger partial charge in [-0.05, 0) is 37.1 Å². The number of nitrogens with zero attached hydrogens (tertiary/aromatic N) is 1. The second kappa shape index (κ2) is 7.17. The molecule has 0 saturated carbocycles.